The maximum atomic E-state index is 12.2. The van der Waals surface area contributed by atoms with Gasteiger partial charge in [-0.05, 0) is 26.3 Å². The zero-order valence-electron chi connectivity index (χ0n) is 12.0. The number of likely N-dealkylation sites (N-methyl/N-ethyl adjacent to an activating group) is 1. The van der Waals surface area contributed by atoms with Crippen LogP contribution < -0.4 is 10.5 Å². The summed E-state index contributed by atoms with van der Waals surface area (Å²) in [7, 11) is -3.57. The van der Waals surface area contributed by atoms with Crippen molar-refractivity contribution in [3.63, 3.8) is 0 Å². The van der Waals surface area contributed by atoms with Gasteiger partial charge in [-0.15, -0.1) is 0 Å². The van der Waals surface area contributed by atoms with E-state index in [0.29, 0.717) is 19.1 Å². The van der Waals surface area contributed by atoms with Gasteiger partial charge in [-0.3, -0.25) is 9.58 Å². The zero-order valence-corrected chi connectivity index (χ0v) is 12.9. The van der Waals surface area contributed by atoms with Gasteiger partial charge in [-0.2, -0.15) is 5.10 Å². The highest BCUT2D eigenvalue weighted by atomic mass is 32.2. The number of rotatable bonds is 8. The minimum absolute atomic E-state index is 0.0499. The van der Waals surface area contributed by atoms with E-state index in [4.69, 9.17) is 5.73 Å². The molecule has 1 aromatic rings. The Bertz CT molecular complexity index is 550. The van der Waals surface area contributed by atoms with Crippen LogP contribution in [-0.4, -0.2) is 48.8 Å². The van der Waals surface area contributed by atoms with E-state index >= 15 is 0 Å². The molecule has 1 saturated carbocycles. The van der Waals surface area contributed by atoms with Crippen LogP contribution in [0.1, 0.15) is 26.7 Å². The average molecular weight is 301 g/mol. The van der Waals surface area contributed by atoms with Crippen molar-refractivity contribution < 1.29 is 8.42 Å². The number of aryl methyl sites for hydroxylation is 1. The average Bonchev–Trinajstić information content (AvgIpc) is 3.17. The molecule has 0 atom stereocenters. The summed E-state index contributed by atoms with van der Waals surface area (Å²) < 4.78 is 28.5. The molecule has 1 aliphatic carbocycles. The highest BCUT2D eigenvalue weighted by Gasteiger charge is 2.28. The molecule has 0 amide bonds. The molecule has 2 rings (SSSR count). The summed E-state index contributed by atoms with van der Waals surface area (Å²) in [6.45, 7) is 6.63. The maximum Gasteiger partial charge on any atom is 0.245 e. The van der Waals surface area contributed by atoms with Crippen LogP contribution in [0.4, 0.5) is 5.82 Å². The molecule has 1 heterocycles. The topological polar surface area (TPSA) is 93.2 Å². The maximum absolute atomic E-state index is 12.2. The molecule has 0 bridgehead atoms. The van der Waals surface area contributed by atoms with Gasteiger partial charge in [0.2, 0.25) is 10.0 Å². The summed E-state index contributed by atoms with van der Waals surface area (Å²) >= 11 is 0. The molecule has 1 fully saturated rings. The fourth-order valence-electron chi connectivity index (χ4n) is 2.23. The molecule has 114 valence electrons. The van der Waals surface area contributed by atoms with Crippen molar-refractivity contribution >= 4 is 15.8 Å². The van der Waals surface area contributed by atoms with Crippen LogP contribution in [0.15, 0.2) is 11.1 Å². The predicted molar refractivity (Wildman–Crippen MR) is 77.8 cm³/mol. The van der Waals surface area contributed by atoms with E-state index in [9.17, 15) is 8.42 Å². The number of nitrogens with zero attached hydrogens (tertiary/aromatic N) is 3. The van der Waals surface area contributed by atoms with Crippen molar-refractivity contribution in [2.24, 2.45) is 0 Å². The Labute approximate surface area is 120 Å². The molecular weight excluding hydrogens is 278 g/mol. The molecule has 0 spiro atoms. The van der Waals surface area contributed by atoms with Crippen molar-refractivity contribution in [3.8, 4) is 0 Å². The van der Waals surface area contributed by atoms with E-state index in [2.05, 4.69) is 21.6 Å². The Morgan fingerprint density at radius 1 is 1.50 bits per heavy atom. The molecule has 7 nitrogen and oxygen atoms in total. The highest BCUT2D eigenvalue weighted by Crippen LogP contribution is 2.26. The summed E-state index contributed by atoms with van der Waals surface area (Å²) in [5, 5.41) is 3.96. The Balaban J connectivity index is 1.94. The molecule has 0 radical (unpaired) electrons. The van der Waals surface area contributed by atoms with Crippen LogP contribution in [-0.2, 0) is 16.6 Å². The van der Waals surface area contributed by atoms with Crippen molar-refractivity contribution in [3.05, 3.63) is 6.20 Å². The largest absolute Gasteiger partial charge is 0.381 e. The Hall–Kier alpha value is -1.12. The number of aromatic nitrogens is 2. The zero-order chi connectivity index (χ0) is 14.8. The van der Waals surface area contributed by atoms with E-state index in [1.807, 2.05) is 6.92 Å². The summed E-state index contributed by atoms with van der Waals surface area (Å²) in [6.07, 6.45) is 3.91. The molecule has 3 N–H and O–H groups in total. The van der Waals surface area contributed by atoms with E-state index < -0.39 is 10.0 Å². The van der Waals surface area contributed by atoms with Gasteiger partial charge >= 0.3 is 0 Å². The lowest BCUT2D eigenvalue weighted by atomic mass is 10.4. The van der Waals surface area contributed by atoms with Crippen LogP contribution in [0.3, 0.4) is 0 Å². The van der Waals surface area contributed by atoms with Crippen LogP contribution in [0.5, 0.6) is 0 Å². The van der Waals surface area contributed by atoms with Gasteiger partial charge < -0.3 is 5.73 Å². The van der Waals surface area contributed by atoms with Crippen molar-refractivity contribution in [1.82, 2.24) is 19.4 Å². The molecule has 0 aromatic carbocycles. The van der Waals surface area contributed by atoms with Gasteiger partial charge in [-0.1, -0.05) is 6.92 Å². The third-order valence-electron chi connectivity index (χ3n) is 3.53. The van der Waals surface area contributed by atoms with Crippen LogP contribution in [0, 0.1) is 0 Å². The van der Waals surface area contributed by atoms with Gasteiger partial charge in [0.05, 0.1) is 0 Å². The van der Waals surface area contributed by atoms with Crippen molar-refractivity contribution in [1.29, 1.82) is 0 Å². The Morgan fingerprint density at radius 3 is 2.70 bits per heavy atom. The minimum atomic E-state index is -3.57. The van der Waals surface area contributed by atoms with E-state index in [1.54, 1.807) is 0 Å². The van der Waals surface area contributed by atoms with Crippen molar-refractivity contribution in [2.45, 2.75) is 44.2 Å². The first-order chi connectivity index (χ1) is 9.47. The lowest BCUT2D eigenvalue weighted by Crippen LogP contribution is -2.36. The van der Waals surface area contributed by atoms with Gasteiger partial charge in [0.25, 0.3) is 0 Å². The van der Waals surface area contributed by atoms with E-state index in [-0.39, 0.29) is 10.7 Å². The lowest BCUT2D eigenvalue weighted by Gasteiger charge is -2.19. The van der Waals surface area contributed by atoms with E-state index in [1.165, 1.54) is 23.7 Å². The molecule has 1 aromatic heterocycles. The van der Waals surface area contributed by atoms with Crippen LogP contribution in [0.25, 0.3) is 0 Å². The number of anilines is 1. The molecule has 0 unspecified atom stereocenters. The highest BCUT2D eigenvalue weighted by molar-refractivity contribution is 7.89. The Morgan fingerprint density at radius 2 is 2.20 bits per heavy atom. The monoisotopic (exact) mass is 301 g/mol. The normalized spacial score (nSPS) is 15.9. The van der Waals surface area contributed by atoms with Gasteiger partial charge in [0, 0.05) is 31.9 Å². The molecule has 0 saturated heterocycles. The number of nitrogen functional groups attached to an aromatic ring is 1. The predicted octanol–water partition coefficient (Wildman–Crippen LogP) is 0.248. The fraction of sp³-hybridized carbons (Fsp3) is 0.750. The molecule has 20 heavy (non-hydrogen) atoms. The summed E-state index contributed by atoms with van der Waals surface area (Å²) in [5.41, 5.74) is 5.66. The summed E-state index contributed by atoms with van der Waals surface area (Å²) in [6, 6.07) is 0.636. The number of hydrogen-bond donors (Lipinski definition) is 2. The quantitative estimate of drug-likeness (QED) is 0.718. The number of hydrogen-bond acceptors (Lipinski definition) is 5. The van der Waals surface area contributed by atoms with Crippen LogP contribution >= 0.6 is 0 Å². The number of nitrogens with two attached hydrogens (primary N) is 1. The first-order valence-electron chi connectivity index (χ1n) is 7.04. The first-order valence-corrected chi connectivity index (χ1v) is 8.53. The standard InChI is InChI=1S/C12H23N5O2S/c1-3-16(10-5-6-10)8-7-14-20(18,19)11-9-17(4-2)15-12(11)13/h9-10,14H,3-8H2,1-2H3,(H2,13,15). The van der Waals surface area contributed by atoms with Gasteiger partial charge in [-0.25, -0.2) is 13.1 Å². The third kappa shape index (κ3) is 3.50. The van der Waals surface area contributed by atoms with Gasteiger partial charge in [0.1, 0.15) is 4.90 Å². The fourth-order valence-corrected chi connectivity index (χ4v) is 3.32. The number of sulfonamides is 1. The van der Waals surface area contributed by atoms with E-state index in [0.717, 1.165) is 13.1 Å². The second-order valence-corrected chi connectivity index (χ2v) is 6.73. The summed E-state index contributed by atoms with van der Waals surface area (Å²) in [4.78, 5) is 2.36. The molecule has 8 heteroatoms. The Kier molecular flexibility index (Phi) is 4.66. The SMILES string of the molecule is CCN(CCNS(=O)(=O)c1cn(CC)nc1N)C1CC1. The van der Waals surface area contributed by atoms with Gasteiger partial charge in [0.15, 0.2) is 5.82 Å². The summed E-state index contributed by atoms with van der Waals surface area (Å²) in [5.74, 6) is 0.0499. The number of nitrogens with one attached hydrogen (secondary N) is 1. The van der Waals surface area contributed by atoms with Crippen molar-refractivity contribution in [2.75, 3.05) is 25.4 Å². The minimum Gasteiger partial charge on any atom is -0.381 e. The molecule has 0 aliphatic heterocycles. The second-order valence-electron chi connectivity index (χ2n) is 4.99. The third-order valence-corrected chi connectivity index (χ3v) is 5.01. The smallest absolute Gasteiger partial charge is 0.245 e. The van der Waals surface area contributed by atoms with Crippen LogP contribution in [0.2, 0.25) is 0 Å². The molecule has 1 aliphatic rings. The first kappa shape index (κ1) is 15.3. The molecular formula is C12H23N5O2S. The lowest BCUT2D eigenvalue weighted by molar-refractivity contribution is 0.282. The second kappa shape index (κ2) is 6.11.